The number of carboxylic acids is 2. The van der Waals surface area contributed by atoms with E-state index < -0.39 is 11.9 Å². The van der Waals surface area contributed by atoms with E-state index >= 15 is 0 Å². The highest BCUT2D eigenvalue weighted by Crippen LogP contribution is 2.36. The summed E-state index contributed by atoms with van der Waals surface area (Å²) < 4.78 is 11.0. The molecule has 0 heterocycles. The number of benzene rings is 1. The summed E-state index contributed by atoms with van der Waals surface area (Å²) >= 11 is 1.85. The molecule has 0 radical (unpaired) electrons. The van der Waals surface area contributed by atoms with Crippen LogP contribution in [0.3, 0.4) is 0 Å². The van der Waals surface area contributed by atoms with Gasteiger partial charge >= 0.3 is 11.9 Å². The molecule has 0 aliphatic heterocycles. The van der Waals surface area contributed by atoms with Crippen molar-refractivity contribution < 1.29 is 29.3 Å². The molecule has 1 aromatic rings. The van der Waals surface area contributed by atoms with E-state index in [2.05, 4.69) is 24.4 Å². The highest BCUT2D eigenvalue weighted by Gasteiger charge is 2.11. The minimum atomic E-state index is -1.26. The van der Waals surface area contributed by atoms with Crippen molar-refractivity contribution in [3.05, 3.63) is 29.8 Å². The monoisotopic (exact) mass is 413 g/mol. The zero-order valence-corrected chi connectivity index (χ0v) is 17.8. The Morgan fingerprint density at radius 2 is 1.68 bits per heavy atom. The van der Waals surface area contributed by atoms with Gasteiger partial charge in [-0.25, -0.2) is 9.59 Å². The van der Waals surface area contributed by atoms with Crippen molar-refractivity contribution in [3.63, 3.8) is 0 Å². The fourth-order valence-electron chi connectivity index (χ4n) is 2.18. The largest absolute Gasteiger partial charge is 0.496 e. The zero-order valence-electron chi connectivity index (χ0n) is 17.0. The van der Waals surface area contributed by atoms with Crippen molar-refractivity contribution in [2.24, 2.45) is 0 Å². The summed E-state index contributed by atoms with van der Waals surface area (Å²) in [4.78, 5) is 20.3. The van der Waals surface area contributed by atoms with E-state index in [1.807, 2.05) is 18.8 Å². The van der Waals surface area contributed by atoms with Gasteiger partial charge in [-0.05, 0) is 49.9 Å². The van der Waals surface area contributed by atoms with E-state index in [0.717, 1.165) is 30.2 Å². The van der Waals surface area contributed by atoms with Gasteiger partial charge in [0.05, 0.1) is 19.1 Å². The summed E-state index contributed by atoms with van der Waals surface area (Å²) in [6.45, 7) is 3.16. The van der Waals surface area contributed by atoms with Gasteiger partial charge in [0.1, 0.15) is 11.5 Å². The molecule has 3 N–H and O–H groups in total. The molecule has 0 aliphatic rings. The lowest BCUT2D eigenvalue weighted by Crippen LogP contribution is -2.11. The van der Waals surface area contributed by atoms with E-state index in [9.17, 15) is 9.59 Å². The van der Waals surface area contributed by atoms with Crippen molar-refractivity contribution in [2.75, 3.05) is 33.6 Å². The third-order valence-electron chi connectivity index (χ3n) is 3.58. The third kappa shape index (κ3) is 11.5. The van der Waals surface area contributed by atoms with Crippen LogP contribution >= 0.6 is 11.8 Å². The van der Waals surface area contributed by atoms with Gasteiger partial charge in [0.15, 0.2) is 0 Å². The van der Waals surface area contributed by atoms with Gasteiger partial charge in [-0.3, -0.25) is 0 Å². The van der Waals surface area contributed by atoms with Gasteiger partial charge in [0.2, 0.25) is 0 Å². The lowest BCUT2D eigenvalue weighted by molar-refractivity contribution is -0.134. The molecule has 0 fully saturated rings. The molecule has 0 saturated heterocycles. The number of ether oxygens (including phenoxy) is 2. The molecule has 1 aromatic carbocycles. The fraction of sp³-hybridized carbons (Fsp3) is 0.500. The first kappa shape index (κ1) is 25.8. The second kappa shape index (κ2) is 15.8. The Balaban J connectivity index is 0.000000769. The standard InChI is InChI=1S/C16H27NO2S.C4H4O4/c1-5-6-7-10-20-16-12-14(18-3)13(8-9-17-2)11-15(16)19-4;5-3(6)1-2-4(7)8/h11-12,17H,5-10H2,1-4H3;1-2H,(H,5,6)(H,7,8)/b;2-1+. The van der Waals surface area contributed by atoms with Crippen LogP contribution in [0, 0.1) is 0 Å². The first-order chi connectivity index (χ1) is 13.4. The Bertz CT molecular complexity index is 617. The molecule has 7 nitrogen and oxygen atoms in total. The molecule has 8 heteroatoms. The van der Waals surface area contributed by atoms with E-state index in [1.54, 1.807) is 14.2 Å². The summed E-state index contributed by atoms with van der Waals surface area (Å²) in [5.74, 6) is 0.528. The van der Waals surface area contributed by atoms with Crippen molar-refractivity contribution in [1.82, 2.24) is 5.32 Å². The average molecular weight is 414 g/mol. The molecule has 0 spiro atoms. The number of methoxy groups -OCH3 is 2. The van der Waals surface area contributed by atoms with E-state index in [4.69, 9.17) is 19.7 Å². The topological polar surface area (TPSA) is 105 Å². The summed E-state index contributed by atoms with van der Waals surface area (Å²) in [7, 11) is 5.43. The SMILES string of the molecule is CCCCCSc1cc(OC)c(CCNC)cc1OC.O=C(O)/C=C/C(=O)O. The third-order valence-corrected chi connectivity index (χ3v) is 4.71. The fourth-order valence-corrected chi connectivity index (χ4v) is 3.22. The predicted molar refractivity (Wildman–Crippen MR) is 112 cm³/mol. The van der Waals surface area contributed by atoms with Gasteiger partial charge < -0.3 is 25.0 Å². The molecule has 0 aliphatic carbocycles. The molecule has 0 amide bonds. The molecular formula is C20H31NO6S. The maximum absolute atomic E-state index is 9.55. The molecular weight excluding hydrogens is 382 g/mol. The number of carbonyl (C=O) groups is 2. The molecule has 158 valence electrons. The number of likely N-dealkylation sites (N-methyl/N-ethyl adjacent to an activating group) is 1. The molecule has 0 aromatic heterocycles. The van der Waals surface area contributed by atoms with Crippen molar-refractivity contribution in [2.45, 2.75) is 37.5 Å². The second-order valence-electron chi connectivity index (χ2n) is 5.73. The molecule has 1 rings (SSSR count). The minimum absolute atomic E-state index is 0.558. The lowest BCUT2D eigenvalue weighted by atomic mass is 10.1. The highest BCUT2D eigenvalue weighted by atomic mass is 32.2. The number of unbranched alkanes of at least 4 members (excludes halogenated alkanes) is 2. The van der Waals surface area contributed by atoms with Crippen molar-refractivity contribution in [1.29, 1.82) is 0 Å². The van der Waals surface area contributed by atoms with Crippen LogP contribution in [-0.4, -0.2) is 55.7 Å². The normalized spacial score (nSPS) is 10.3. The Morgan fingerprint density at radius 3 is 2.14 bits per heavy atom. The van der Waals surface area contributed by atoms with Crippen LogP contribution in [0.25, 0.3) is 0 Å². The van der Waals surface area contributed by atoms with Gasteiger partial charge in [0, 0.05) is 12.2 Å². The average Bonchev–Trinajstić information content (AvgIpc) is 2.68. The van der Waals surface area contributed by atoms with Crippen LogP contribution in [0.1, 0.15) is 31.7 Å². The van der Waals surface area contributed by atoms with Gasteiger partial charge in [-0.2, -0.15) is 0 Å². The van der Waals surface area contributed by atoms with Crippen LogP contribution in [0.5, 0.6) is 11.5 Å². The Hall–Kier alpha value is -2.19. The number of nitrogens with one attached hydrogen (secondary N) is 1. The maximum atomic E-state index is 9.55. The van der Waals surface area contributed by atoms with Crippen LogP contribution in [0.15, 0.2) is 29.2 Å². The number of hydrogen-bond donors (Lipinski definition) is 3. The first-order valence-electron chi connectivity index (χ1n) is 9.05. The number of carboxylic acid groups (broad SMARTS) is 2. The van der Waals surface area contributed by atoms with Gasteiger partial charge in [-0.1, -0.05) is 19.8 Å². The lowest BCUT2D eigenvalue weighted by Gasteiger charge is -2.14. The van der Waals surface area contributed by atoms with Crippen LogP contribution in [0.2, 0.25) is 0 Å². The van der Waals surface area contributed by atoms with Gasteiger partial charge in [-0.15, -0.1) is 11.8 Å². The summed E-state index contributed by atoms with van der Waals surface area (Å²) in [6, 6.07) is 4.22. The molecule has 0 atom stereocenters. The molecule has 0 bridgehead atoms. The van der Waals surface area contributed by atoms with Crippen molar-refractivity contribution >= 4 is 23.7 Å². The Morgan fingerprint density at radius 1 is 1.07 bits per heavy atom. The number of rotatable bonds is 12. The van der Waals surface area contributed by atoms with E-state index in [-0.39, 0.29) is 0 Å². The van der Waals surface area contributed by atoms with Crippen LogP contribution in [0.4, 0.5) is 0 Å². The first-order valence-corrected chi connectivity index (χ1v) is 10.0. The van der Waals surface area contributed by atoms with Crippen molar-refractivity contribution in [3.8, 4) is 11.5 Å². The van der Waals surface area contributed by atoms with Crippen LogP contribution in [-0.2, 0) is 16.0 Å². The smallest absolute Gasteiger partial charge is 0.328 e. The molecule has 0 unspecified atom stereocenters. The summed E-state index contributed by atoms with van der Waals surface area (Å²) in [6.07, 6.45) is 5.84. The summed E-state index contributed by atoms with van der Waals surface area (Å²) in [5, 5.41) is 18.8. The van der Waals surface area contributed by atoms with Gasteiger partial charge in [0.25, 0.3) is 0 Å². The maximum Gasteiger partial charge on any atom is 0.328 e. The van der Waals surface area contributed by atoms with E-state index in [0.29, 0.717) is 12.2 Å². The molecule has 28 heavy (non-hydrogen) atoms. The highest BCUT2D eigenvalue weighted by molar-refractivity contribution is 7.99. The Labute approximate surface area is 171 Å². The van der Waals surface area contributed by atoms with E-state index in [1.165, 1.54) is 29.7 Å². The second-order valence-corrected chi connectivity index (χ2v) is 6.87. The quantitative estimate of drug-likeness (QED) is 0.272. The molecule has 0 saturated carbocycles. The number of hydrogen-bond acceptors (Lipinski definition) is 6. The summed E-state index contributed by atoms with van der Waals surface area (Å²) in [5.41, 5.74) is 1.19. The number of thioether (sulfide) groups is 1. The van der Waals surface area contributed by atoms with Crippen LogP contribution < -0.4 is 14.8 Å². The minimum Gasteiger partial charge on any atom is -0.496 e. The zero-order chi connectivity index (χ0) is 21.4. The Kier molecular flexibility index (Phi) is 14.6. The number of aliphatic carboxylic acids is 2. The predicted octanol–water partition coefficient (Wildman–Crippen LogP) is 3.46.